The zero-order valence-electron chi connectivity index (χ0n) is 9.60. The highest BCUT2D eigenvalue weighted by Crippen LogP contribution is 2.43. The first-order chi connectivity index (χ1) is 7.81. The SMILES string of the molecule is C=C[C@H]1OC(=O)N2CCC[C@H]3CCC[C@H]1[C@H]32. The third-order valence-corrected chi connectivity index (χ3v) is 4.49. The molecule has 2 saturated heterocycles. The van der Waals surface area contributed by atoms with E-state index in [4.69, 9.17) is 4.74 Å². The van der Waals surface area contributed by atoms with Crippen LogP contribution in [0.3, 0.4) is 0 Å². The van der Waals surface area contributed by atoms with Crippen LogP contribution in [0.25, 0.3) is 0 Å². The minimum absolute atomic E-state index is 0.0466. The summed E-state index contributed by atoms with van der Waals surface area (Å²) in [5, 5.41) is 0. The second-order valence-electron chi connectivity index (χ2n) is 5.27. The first-order valence-electron chi connectivity index (χ1n) is 6.41. The van der Waals surface area contributed by atoms with Gasteiger partial charge in [-0.25, -0.2) is 4.79 Å². The second kappa shape index (κ2) is 3.79. The van der Waals surface area contributed by atoms with Crippen LogP contribution in [0.5, 0.6) is 0 Å². The first kappa shape index (κ1) is 10.2. The molecule has 0 radical (unpaired) electrons. The summed E-state index contributed by atoms with van der Waals surface area (Å²) < 4.78 is 5.46. The fraction of sp³-hybridized carbons (Fsp3) is 0.769. The molecule has 3 nitrogen and oxygen atoms in total. The molecule has 0 aromatic carbocycles. The van der Waals surface area contributed by atoms with Gasteiger partial charge in [0.15, 0.2) is 0 Å². The van der Waals surface area contributed by atoms with Crippen LogP contribution in [0.4, 0.5) is 4.79 Å². The molecule has 4 atom stereocenters. The quantitative estimate of drug-likeness (QED) is 0.637. The van der Waals surface area contributed by atoms with E-state index in [9.17, 15) is 4.79 Å². The fourth-order valence-electron chi connectivity index (χ4n) is 3.85. The molecule has 2 aliphatic heterocycles. The van der Waals surface area contributed by atoms with Gasteiger partial charge in [0.05, 0.1) is 0 Å². The summed E-state index contributed by atoms with van der Waals surface area (Å²) in [6.45, 7) is 4.70. The minimum atomic E-state index is -0.113. The van der Waals surface area contributed by atoms with Gasteiger partial charge in [0.25, 0.3) is 0 Å². The Labute approximate surface area is 96.4 Å². The molecule has 16 heavy (non-hydrogen) atoms. The smallest absolute Gasteiger partial charge is 0.410 e. The highest BCUT2D eigenvalue weighted by molar-refractivity contribution is 5.69. The number of nitrogens with zero attached hydrogens (tertiary/aromatic N) is 1. The molecule has 1 aliphatic carbocycles. The standard InChI is InChI=1S/C13H19NO2/c1-2-11-10-7-3-5-9-6-4-8-14(12(9)10)13(15)16-11/h2,9-12H,1,3-8H2/t9-,10-,11-,12+/m1/s1. The lowest BCUT2D eigenvalue weighted by atomic mass is 9.69. The molecule has 2 heterocycles. The van der Waals surface area contributed by atoms with Crippen LogP contribution in [0.2, 0.25) is 0 Å². The number of ether oxygens (including phenoxy) is 1. The van der Waals surface area contributed by atoms with Gasteiger partial charge < -0.3 is 9.64 Å². The second-order valence-corrected chi connectivity index (χ2v) is 5.27. The first-order valence-corrected chi connectivity index (χ1v) is 6.41. The van der Waals surface area contributed by atoms with Gasteiger partial charge in [0.2, 0.25) is 0 Å². The maximum absolute atomic E-state index is 11.9. The number of cyclic esters (lactones) is 1. The van der Waals surface area contributed by atoms with E-state index in [1.807, 2.05) is 11.0 Å². The van der Waals surface area contributed by atoms with Crippen LogP contribution in [0.15, 0.2) is 12.7 Å². The average Bonchev–Trinajstić information content (AvgIpc) is 2.33. The van der Waals surface area contributed by atoms with E-state index in [2.05, 4.69) is 6.58 Å². The maximum atomic E-state index is 11.9. The Morgan fingerprint density at radius 2 is 2.12 bits per heavy atom. The predicted molar refractivity (Wildman–Crippen MR) is 61.0 cm³/mol. The predicted octanol–water partition coefficient (Wildman–Crippen LogP) is 2.57. The summed E-state index contributed by atoms with van der Waals surface area (Å²) in [7, 11) is 0. The number of hydrogen-bond donors (Lipinski definition) is 0. The van der Waals surface area contributed by atoms with Gasteiger partial charge in [-0.1, -0.05) is 19.1 Å². The molecule has 88 valence electrons. The van der Waals surface area contributed by atoms with Crippen LogP contribution in [-0.2, 0) is 4.74 Å². The number of hydrogen-bond acceptors (Lipinski definition) is 2. The average molecular weight is 221 g/mol. The van der Waals surface area contributed by atoms with Crippen LogP contribution >= 0.6 is 0 Å². The van der Waals surface area contributed by atoms with Gasteiger partial charge in [-0.3, -0.25) is 0 Å². The van der Waals surface area contributed by atoms with Crippen molar-refractivity contribution in [1.82, 2.24) is 4.90 Å². The van der Waals surface area contributed by atoms with Crippen molar-refractivity contribution >= 4 is 6.09 Å². The maximum Gasteiger partial charge on any atom is 0.410 e. The molecular formula is C13H19NO2. The molecule has 0 aromatic rings. The van der Waals surface area contributed by atoms with E-state index in [1.54, 1.807) is 0 Å². The Bertz CT molecular complexity index is 313. The largest absolute Gasteiger partial charge is 0.441 e. The lowest BCUT2D eigenvalue weighted by Crippen LogP contribution is -2.60. The Balaban J connectivity index is 1.92. The number of carbonyl (C=O) groups is 1. The Hall–Kier alpha value is -0.990. The summed E-state index contributed by atoms with van der Waals surface area (Å²) in [4.78, 5) is 13.9. The molecule has 0 unspecified atom stereocenters. The van der Waals surface area contributed by atoms with E-state index in [1.165, 1.54) is 25.7 Å². The third kappa shape index (κ3) is 1.37. The molecule has 1 amide bonds. The van der Waals surface area contributed by atoms with Crippen LogP contribution < -0.4 is 0 Å². The monoisotopic (exact) mass is 221 g/mol. The summed E-state index contributed by atoms with van der Waals surface area (Å²) in [5.74, 6) is 1.21. The third-order valence-electron chi connectivity index (χ3n) is 4.49. The highest BCUT2D eigenvalue weighted by atomic mass is 16.6. The van der Waals surface area contributed by atoms with Gasteiger partial charge in [-0.05, 0) is 31.6 Å². The number of carbonyl (C=O) groups excluding carboxylic acids is 1. The summed E-state index contributed by atoms with van der Waals surface area (Å²) in [6, 6.07) is 0.437. The molecular weight excluding hydrogens is 202 g/mol. The van der Waals surface area contributed by atoms with Crippen molar-refractivity contribution in [3.63, 3.8) is 0 Å². The van der Waals surface area contributed by atoms with E-state index >= 15 is 0 Å². The zero-order valence-corrected chi connectivity index (χ0v) is 9.60. The van der Waals surface area contributed by atoms with Crippen molar-refractivity contribution in [3.8, 4) is 0 Å². The van der Waals surface area contributed by atoms with Gasteiger partial charge in [-0.2, -0.15) is 0 Å². The fourth-order valence-corrected chi connectivity index (χ4v) is 3.85. The molecule has 1 saturated carbocycles. The van der Waals surface area contributed by atoms with Crippen LogP contribution in [-0.4, -0.2) is 29.7 Å². The van der Waals surface area contributed by atoms with E-state index in [-0.39, 0.29) is 12.2 Å². The summed E-state index contributed by atoms with van der Waals surface area (Å²) >= 11 is 0. The van der Waals surface area contributed by atoms with E-state index in [0.29, 0.717) is 17.9 Å². The number of rotatable bonds is 1. The lowest BCUT2D eigenvalue weighted by Gasteiger charge is -2.52. The highest BCUT2D eigenvalue weighted by Gasteiger charge is 2.48. The van der Waals surface area contributed by atoms with Crippen LogP contribution in [0.1, 0.15) is 32.1 Å². The summed E-state index contributed by atoms with van der Waals surface area (Å²) in [5.41, 5.74) is 0. The van der Waals surface area contributed by atoms with E-state index in [0.717, 1.165) is 13.0 Å². The molecule has 3 heteroatoms. The molecule has 0 N–H and O–H groups in total. The van der Waals surface area contributed by atoms with Crippen molar-refractivity contribution in [3.05, 3.63) is 12.7 Å². The van der Waals surface area contributed by atoms with Crippen molar-refractivity contribution in [2.45, 2.75) is 44.2 Å². The normalized spacial score (nSPS) is 42.2. The van der Waals surface area contributed by atoms with Crippen molar-refractivity contribution in [2.24, 2.45) is 11.8 Å². The Morgan fingerprint density at radius 3 is 2.94 bits per heavy atom. The van der Waals surface area contributed by atoms with Gasteiger partial charge in [0.1, 0.15) is 6.10 Å². The number of amides is 1. The van der Waals surface area contributed by atoms with Crippen LogP contribution in [0, 0.1) is 11.8 Å². The van der Waals surface area contributed by atoms with E-state index < -0.39 is 0 Å². The summed E-state index contributed by atoms with van der Waals surface area (Å²) in [6.07, 6.45) is 7.83. The molecule has 0 spiro atoms. The van der Waals surface area contributed by atoms with Gasteiger partial charge in [-0.15, -0.1) is 0 Å². The Kier molecular flexibility index (Phi) is 2.41. The Morgan fingerprint density at radius 1 is 1.31 bits per heavy atom. The van der Waals surface area contributed by atoms with Gasteiger partial charge in [0, 0.05) is 18.5 Å². The lowest BCUT2D eigenvalue weighted by molar-refractivity contribution is -0.0737. The zero-order chi connectivity index (χ0) is 11.1. The van der Waals surface area contributed by atoms with Gasteiger partial charge >= 0.3 is 6.09 Å². The van der Waals surface area contributed by atoms with Crippen molar-refractivity contribution in [1.29, 1.82) is 0 Å². The molecule has 0 aromatic heterocycles. The molecule has 3 rings (SSSR count). The molecule has 0 bridgehead atoms. The minimum Gasteiger partial charge on any atom is -0.441 e. The molecule has 3 fully saturated rings. The number of piperidine rings is 1. The van der Waals surface area contributed by atoms with Crippen molar-refractivity contribution in [2.75, 3.05) is 6.54 Å². The molecule has 3 aliphatic rings. The topological polar surface area (TPSA) is 29.5 Å². The van der Waals surface area contributed by atoms with Crippen molar-refractivity contribution < 1.29 is 9.53 Å².